The van der Waals surface area contributed by atoms with E-state index in [1.807, 2.05) is 30.5 Å². The van der Waals surface area contributed by atoms with Gasteiger partial charge in [0, 0.05) is 10.9 Å². The van der Waals surface area contributed by atoms with Gasteiger partial charge in [0.25, 0.3) is 5.56 Å². The Hall–Kier alpha value is -2.97. The second-order valence-corrected chi connectivity index (χ2v) is 7.76. The predicted molar refractivity (Wildman–Crippen MR) is 118 cm³/mol. The molecular weight excluding hydrogens is 409 g/mol. The first kappa shape index (κ1) is 20.8. The molecule has 1 amide bonds. The average Bonchev–Trinajstić information content (AvgIpc) is 3.10. The largest absolute Gasteiger partial charge is 0.369 e. The molecule has 0 spiro atoms. The Balaban J connectivity index is 2.34. The Labute approximate surface area is 175 Å². The van der Waals surface area contributed by atoms with Gasteiger partial charge in [0.2, 0.25) is 5.91 Å². The molecule has 3 rings (SSSR count). The van der Waals surface area contributed by atoms with E-state index in [-0.39, 0.29) is 16.5 Å². The minimum atomic E-state index is -0.536. The van der Waals surface area contributed by atoms with E-state index >= 15 is 0 Å². The number of hydrogen-bond acceptors (Lipinski definition) is 5. The van der Waals surface area contributed by atoms with Gasteiger partial charge in [-0.1, -0.05) is 48.7 Å². The quantitative estimate of drug-likeness (QED) is 0.346. The van der Waals surface area contributed by atoms with Gasteiger partial charge in [0.1, 0.15) is 10.6 Å². The van der Waals surface area contributed by atoms with Gasteiger partial charge in [-0.2, -0.15) is 0 Å². The van der Waals surface area contributed by atoms with Crippen LogP contribution in [0.2, 0.25) is 0 Å². The Morgan fingerprint density at radius 1 is 1.45 bits per heavy atom. The van der Waals surface area contributed by atoms with E-state index in [0.717, 1.165) is 22.9 Å². The molecule has 0 unspecified atom stereocenters. The van der Waals surface area contributed by atoms with Crippen molar-refractivity contribution in [2.24, 2.45) is 5.73 Å². The van der Waals surface area contributed by atoms with E-state index in [2.05, 4.69) is 11.6 Å². The molecule has 0 bridgehead atoms. The van der Waals surface area contributed by atoms with Crippen molar-refractivity contribution < 1.29 is 9.18 Å². The maximum atomic E-state index is 13.8. The molecule has 3 aromatic rings. The van der Waals surface area contributed by atoms with Crippen LogP contribution in [-0.2, 0) is 4.79 Å². The van der Waals surface area contributed by atoms with Crippen molar-refractivity contribution >= 4 is 44.8 Å². The Morgan fingerprint density at radius 3 is 2.90 bits per heavy atom. The summed E-state index contributed by atoms with van der Waals surface area (Å²) < 4.78 is 15.2. The van der Waals surface area contributed by atoms with Crippen LogP contribution in [0, 0.1) is 5.82 Å². The number of fused-ring (bicyclic) bond motifs is 1. The number of benzene rings is 1. The van der Waals surface area contributed by atoms with Crippen LogP contribution >= 0.6 is 23.1 Å². The molecule has 0 aliphatic heterocycles. The molecule has 0 atom stereocenters. The van der Waals surface area contributed by atoms with E-state index in [1.54, 1.807) is 12.1 Å². The number of allylic oxidation sites excluding steroid dienone is 5. The van der Waals surface area contributed by atoms with Crippen LogP contribution in [0.1, 0.15) is 12.5 Å². The average molecular weight is 428 g/mol. The third-order valence-electron chi connectivity index (χ3n) is 3.94. The molecule has 0 radical (unpaired) electrons. The third-order valence-corrected chi connectivity index (χ3v) is 5.77. The molecule has 2 aromatic heterocycles. The summed E-state index contributed by atoms with van der Waals surface area (Å²) >= 11 is 2.37. The summed E-state index contributed by atoms with van der Waals surface area (Å²) in [6, 6.07) is 5.68. The Bertz CT molecular complexity index is 1210. The number of primary amides is 1. The van der Waals surface area contributed by atoms with E-state index in [4.69, 9.17) is 5.73 Å². The van der Waals surface area contributed by atoms with Crippen LogP contribution in [0.25, 0.3) is 21.5 Å². The molecule has 2 N–H and O–H groups in total. The highest BCUT2D eigenvalue weighted by Crippen LogP contribution is 2.31. The summed E-state index contributed by atoms with van der Waals surface area (Å²) in [4.78, 5) is 29.9. The van der Waals surface area contributed by atoms with Gasteiger partial charge in [-0.15, -0.1) is 11.3 Å². The highest BCUT2D eigenvalue weighted by molar-refractivity contribution is 7.99. The molecule has 0 fully saturated rings. The predicted octanol–water partition coefficient (Wildman–Crippen LogP) is 4.31. The van der Waals surface area contributed by atoms with E-state index < -0.39 is 11.7 Å². The first-order chi connectivity index (χ1) is 14.0. The highest BCUT2D eigenvalue weighted by atomic mass is 32.2. The van der Waals surface area contributed by atoms with Gasteiger partial charge in [0.05, 0.1) is 16.8 Å². The van der Waals surface area contributed by atoms with Crippen LogP contribution in [0.5, 0.6) is 0 Å². The number of rotatable bonds is 7. The maximum Gasteiger partial charge on any atom is 0.268 e. The molecule has 0 saturated carbocycles. The van der Waals surface area contributed by atoms with E-state index in [1.165, 1.54) is 34.1 Å². The number of halogens is 1. The summed E-state index contributed by atoms with van der Waals surface area (Å²) in [7, 11) is 0. The lowest BCUT2D eigenvalue weighted by Gasteiger charge is -2.12. The van der Waals surface area contributed by atoms with Gasteiger partial charge in [-0.05, 0) is 30.7 Å². The molecule has 0 saturated heterocycles. The standard InChI is InChI=1S/C21H18FN3O2S2/c1-3-6-13(7-4-2)16-11-28-19-18(16)20(27)25(15-9-5-8-14(22)10-15)21(24-19)29-12-17(23)26/h3-11H,1,12H2,2H3,(H2,23,26)/b7-4-,13-6+. The topological polar surface area (TPSA) is 78.0 Å². The fourth-order valence-corrected chi connectivity index (χ4v) is 4.54. The number of carbonyl (C=O) groups excluding carboxylic acids is 1. The Morgan fingerprint density at radius 2 is 2.24 bits per heavy atom. The molecule has 2 heterocycles. The fraction of sp³-hybridized carbons (Fsp3) is 0.0952. The van der Waals surface area contributed by atoms with Crippen molar-refractivity contribution in [3.63, 3.8) is 0 Å². The number of thiophene rings is 1. The highest BCUT2D eigenvalue weighted by Gasteiger charge is 2.19. The number of hydrogen-bond donors (Lipinski definition) is 1. The van der Waals surface area contributed by atoms with E-state index in [0.29, 0.717) is 15.9 Å². The smallest absolute Gasteiger partial charge is 0.268 e. The van der Waals surface area contributed by atoms with Crippen molar-refractivity contribution in [1.82, 2.24) is 9.55 Å². The molecule has 8 heteroatoms. The SMILES string of the molecule is C=C/C=C(\C=C/C)c1csc2nc(SCC(N)=O)n(-c3cccc(F)c3)c(=O)c12. The van der Waals surface area contributed by atoms with Crippen LogP contribution in [0.3, 0.4) is 0 Å². The maximum absolute atomic E-state index is 13.8. The number of thioether (sulfide) groups is 1. The fourth-order valence-electron chi connectivity index (χ4n) is 2.80. The lowest BCUT2D eigenvalue weighted by molar-refractivity contribution is -0.115. The second-order valence-electron chi connectivity index (χ2n) is 5.96. The first-order valence-corrected chi connectivity index (χ1v) is 10.5. The van der Waals surface area contributed by atoms with E-state index in [9.17, 15) is 14.0 Å². The number of amides is 1. The number of nitrogens with zero attached hydrogens (tertiary/aromatic N) is 2. The van der Waals surface area contributed by atoms with Gasteiger partial charge >= 0.3 is 0 Å². The van der Waals surface area contributed by atoms with Crippen LogP contribution in [-0.4, -0.2) is 21.2 Å². The van der Waals surface area contributed by atoms with Crippen molar-refractivity contribution in [2.45, 2.75) is 12.1 Å². The van der Waals surface area contributed by atoms with Crippen LogP contribution in [0.15, 0.2) is 70.5 Å². The Kier molecular flexibility index (Phi) is 6.46. The lowest BCUT2D eigenvalue weighted by Crippen LogP contribution is -2.23. The molecule has 1 aromatic carbocycles. The first-order valence-electron chi connectivity index (χ1n) is 8.63. The zero-order valence-electron chi connectivity index (χ0n) is 15.6. The normalized spacial score (nSPS) is 12.0. The zero-order chi connectivity index (χ0) is 21.0. The minimum absolute atomic E-state index is 0.0499. The van der Waals surface area contributed by atoms with Gasteiger partial charge < -0.3 is 5.73 Å². The number of aromatic nitrogens is 2. The zero-order valence-corrected chi connectivity index (χ0v) is 17.2. The molecule has 5 nitrogen and oxygen atoms in total. The minimum Gasteiger partial charge on any atom is -0.369 e. The van der Waals surface area contributed by atoms with Crippen molar-refractivity contribution in [1.29, 1.82) is 0 Å². The lowest BCUT2D eigenvalue weighted by atomic mass is 10.1. The van der Waals surface area contributed by atoms with Gasteiger partial charge in [0.15, 0.2) is 5.16 Å². The van der Waals surface area contributed by atoms with Crippen LogP contribution < -0.4 is 11.3 Å². The molecule has 148 valence electrons. The second kappa shape index (κ2) is 9.02. The molecule has 0 aliphatic carbocycles. The third kappa shape index (κ3) is 4.38. The molecular formula is C21H18FN3O2S2. The van der Waals surface area contributed by atoms with Gasteiger partial charge in [-0.3, -0.25) is 14.2 Å². The van der Waals surface area contributed by atoms with Crippen LogP contribution in [0.4, 0.5) is 4.39 Å². The summed E-state index contributed by atoms with van der Waals surface area (Å²) in [5.74, 6) is -1.07. The summed E-state index contributed by atoms with van der Waals surface area (Å²) in [5, 5.41) is 2.56. The monoisotopic (exact) mass is 427 g/mol. The molecule has 29 heavy (non-hydrogen) atoms. The summed E-state index contributed by atoms with van der Waals surface area (Å²) in [5.41, 5.74) is 6.78. The summed E-state index contributed by atoms with van der Waals surface area (Å²) in [6.45, 7) is 5.61. The van der Waals surface area contributed by atoms with Gasteiger partial charge in [-0.25, -0.2) is 9.37 Å². The number of nitrogens with two attached hydrogens (primary N) is 1. The van der Waals surface area contributed by atoms with Crippen molar-refractivity contribution in [3.05, 3.63) is 82.3 Å². The number of carbonyl (C=O) groups is 1. The van der Waals surface area contributed by atoms with Crippen molar-refractivity contribution in [3.8, 4) is 5.69 Å². The molecule has 0 aliphatic rings. The van der Waals surface area contributed by atoms with Crippen molar-refractivity contribution in [2.75, 3.05) is 5.75 Å². The summed E-state index contributed by atoms with van der Waals surface area (Å²) in [6.07, 6.45) is 7.21.